The Kier molecular flexibility index (Phi) is 28.8. The van der Waals surface area contributed by atoms with Crippen molar-refractivity contribution < 1.29 is 23.5 Å². The maximum absolute atomic E-state index is 12.1. The van der Waals surface area contributed by atoms with Crippen LogP contribution < -0.4 is 0 Å². The van der Waals surface area contributed by atoms with Gasteiger partial charge in [-0.1, -0.05) is 110 Å². The van der Waals surface area contributed by atoms with Gasteiger partial charge in [-0.15, -0.1) is 0 Å². The highest BCUT2D eigenvalue weighted by atomic mass is 31.2. The molecule has 2 atom stereocenters. The summed E-state index contributed by atoms with van der Waals surface area (Å²) in [6.45, 7) is 6.96. The molecule has 6 nitrogen and oxygen atoms in total. The molecule has 0 bridgehead atoms. The summed E-state index contributed by atoms with van der Waals surface area (Å²) in [6, 6.07) is 0. The Morgan fingerprint density at radius 2 is 1.22 bits per heavy atom. The maximum Gasteiger partial charge on any atom is 0.329 e. The SMILES string of the molecule is CCCCCCCCCCCCCCCCCCOCC(COP(O)OCCN(C)C)CC(=O)CCC. The van der Waals surface area contributed by atoms with Gasteiger partial charge in [0, 0.05) is 31.9 Å². The molecule has 0 aliphatic rings. The standard InChI is InChI=1S/C30H62NO5P/c1-5-7-8-9-10-11-12-13-14-15-16-17-18-19-20-21-24-34-27-29(26-30(32)22-6-2)28-36-37(33)35-25-23-31(3)4/h29,33H,5-28H2,1-4H3. The molecule has 37 heavy (non-hydrogen) atoms. The Labute approximate surface area is 231 Å². The van der Waals surface area contributed by atoms with Crippen LogP contribution in [-0.4, -0.2) is 62.6 Å². The topological polar surface area (TPSA) is 68.2 Å². The van der Waals surface area contributed by atoms with Crippen molar-refractivity contribution in [1.29, 1.82) is 0 Å². The summed E-state index contributed by atoms with van der Waals surface area (Å²) in [5.41, 5.74) is 0. The third kappa shape index (κ3) is 28.7. The van der Waals surface area contributed by atoms with Crippen molar-refractivity contribution in [2.24, 2.45) is 5.92 Å². The Morgan fingerprint density at radius 1 is 0.703 bits per heavy atom. The van der Waals surface area contributed by atoms with E-state index in [0.29, 0.717) is 32.7 Å². The number of unbranched alkanes of at least 4 members (excludes halogenated alkanes) is 15. The number of Topliss-reactive ketones (excluding diaryl/α,β-unsaturated/α-hetero) is 1. The van der Waals surface area contributed by atoms with Gasteiger partial charge in [-0.05, 0) is 26.9 Å². The van der Waals surface area contributed by atoms with E-state index < -0.39 is 8.60 Å². The van der Waals surface area contributed by atoms with Crippen LogP contribution in [0.2, 0.25) is 0 Å². The summed E-state index contributed by atoms with van der Waals surface area (Å²) in [7, 11) is 2.00. The van der Waals surface area contributed by atoms with E-state index in [4.69, 9.17) is 13.8 Å². The first-order valence-corrected chi connectivity index (χ1v) is 16.6. The molecule has 0 aromatic carbocycles. The van der Waals surface area contributed by atoms with Crippen molar-refractivity contribution in [3.63, 3.8) is 0 Å². The van der Waals surface area contributed by atoms with Gasteiger partial charge in [0.15, 0.2) is 0 Å². The first-order valence-electron chi connectivity index (χ1n) is 15.5. The summed E-state index contributed by atoms with van der Waals surface area (Å²) < 4.78 is 16.7. The molecule has 0 aromatic heterocycles. The number of nitrogens with zero attached hydrogens (tertiary/aromatic N) is 1. The molecule has 2 unspecified atom stereocenters. The fourth-order valence-electron chi connectivity index (χ4n) is 4.38. The largest absolute Gasteiger partial charge is 0.381 e. The van der Waals surface area contributed by atoms with E-state index in [2.05, 4.69) is 6.92 Å². The van der Waals surface area contributed by atoms with Crippen molar-refractivity contribution in [1.82, 2.24) is 4.90 Å². The number of rotatable bonds is 30. The first kappa shape index (κ1) is 36.9. The minimum atomic E-state index is -1.91. The number of carbonyl (C=O) groups excluding carboxylic acids is 1. The average Bonchev–Trinajstić information content (AvgIpc) is 2.86. The molecule has 1 N–H and O–H groups in total. The summed E-state index contributed by atoms with van der Waals surface area (Å²) in [4.78, 5) is 24.1. The van der Waals surface area contributed by atoms with E-state index in [1.807, 2.05) is 25.9 Å². The van der Waals surface area contributed by atoms with Gasteiger partial charge in [-0.25, -0.2) is 0 Å². The zero-order valence-corrected chi connectivity index (χ0v) is 25.9. The van der Waals surface area contributed by atoms with Gasteiger partial charge >= 0.3 is 8.60 Å². The lowest BCUT2D eigenvalue weighted by Crippen LogP contribution is -2.20. The second kappa shape index (κ2) is 28.9. The van der Waals surface area contributed by atoms with E-state index >= 15 is 0 Å². The highest BCUT2D eigenvalue weighted by Crippen LogP contribution is 2.33. The smallest absolute Gasteiger partial charge is 0.329 e. The van der Waals surface area contributed by atoms with Gasteiger partial charge in [0.2, 0.25) is 0 Å². The molecule has 0 fully saturated rings. The molecular formula is C30H62NO5P. The fraction of sp³-hybridized carbons (Fsp3) is 0.967. The molecule has 0 rings (SSSR count). The minimum Gasteiger partial charge on any atom is -0.381 e. The Bertz CT molecular complexity index is 481. The molecular weight excluding hydrogens is 485 g/mol. The van der Waals surface area contributed by atoms with E-state index in [0.717, 1.165) is 26.0 Å². The summed E-state index contributed by atoms with van der Waals surface area (Å²) >= 11 is 0. The van der Waals surface area contributed by atoms with Crippen LogP contribution in [0, 0.1) is 5.92 Å². The third-order valence-electron chi connectivity index (χ3n) is 6.70. The Balaban J connectivity index is 3.70. The Hall–Kier alpha value is -0.100. The quantitative estimate of drug-likeness (QED) is 0.0719. The zero-order valence-electron chi connectivity index (χ0n) is 25.0. The van der Waals surface area contributed by atoms with Gasteiger partial charge in [0.05, 0.1) is 19.8 Å². The number of hydrogen-bond donors (Lipinski definition) is 1. The second-order valence-corrected chi connectivity index (χ2v) is 11.9. The lowest BCUT2D eigenvalue weighted by Gasteiger charge is -2.19. The molecule has 0 aliphatic carbocycles. The van der Waals surface area contributed by atoms with Gasteiger partial charge in [0.25, 0.3) is 0 Å². The molecule has 7 heteroatoms. The number of ketones is 1. The molecule has 222 valence electrons. The summed E-state index contributed by atoms with van der Waals surface area (Å²) in [5, 5.41) is 0. The van der Waals surface area contributed by atoms with Gasteiger partial charge in [0.1, 0.15) is 5.78 Å². The summed E-state index contributed by atoms with van der Waals surface area (Å²) in [5.74, 6) is 0.201. The summed E-state index contributed by atoms with van der Waals surface area (Å²) in [6.07, 6.45) is 23.6. The molecule has 0 amide bonds. The van der Waals surface area contributed by atoms with E-state index in [9.17, 15) is 9.69 Å². The van der Waals surface area contributed by atoms with Gasteiger partial charge in [-0.2, -0.15) is 0 Å². The highest BCUT2D eigenvalue weighted by Gasteiger charge is 2.17. The van der Waals surface area contributed by atoms with Crippen molar-refractivity contribution >= 4 is 14.4 Å². The number of carbonyl (C=O) groups is 1. The van der Waals surface area contributed by atoms with Crippen molar-refractivity contribution in [2.75, 3.05) is 47.1 Å². The minimum absolute atomic E-state index is 0.0327. The van der Waals surface area contributed by atoms with Crippen molar-refractivity contribution in [3.05, 3.63) is 0 Å². The van der Waals surface area contributed by atoms with Gasteiger partial charge in [-0.3, -0.25) is 4.79 Å². The van der Waals surface area contributed by atoms with Crippen LogP contribution >= 0.6 is 8.60 Å². The monoisotopic (exact) mass is 547 g/mol. The Morgan fingerprint density at radius 3 is 1.70 bits per heavy atom. The molecule has 0 saturated heterocycles. The van der Waals surface area contributed by atoms with Crippen LogP contribution in [0.5, 0.6) is 0 Å². The fourth-order valence-corrected chi connectivity index (χ4v) is 5.03. The van der Waals surface area contributed by atoms with Crippen LogP contribution in [0.4, 0.5) is 0 Å². The molecule has 0 aliphatic heterocycles. The predicted octanol–water partition coefficient (Wildman–Crippen LogP) is 8.45. The number of likely N-dealkylation sites (N-methyl/N-ethyl adjacent to an activating group) is 1. The van der Waals surface area contributed by atoms with Gasteiger partial charge < -0.3 is 23.6 Å². The molecule has 0 radical (unpaired) electrons. The highest BCUT2D eigenvalue weighted by molar-refractivity contribution is 7.40. The molecule has 0 heterocycles. The van der Waals surface area contributed by atoms with Crippen LogP contribution in [0.15, 0.2) is 0 Å². The van der Waals surface area contributed by atoms with Crippen LogP contribution in [0.3, 0.4) is 0 Å². The molecule has 0 saturated carbocycles. The second-order valence-electron chi connectivity index (χ2n) is 10.9. The lowest BCUT2D eigenvalue weighted by molar-refractivity contribution is -0.120. The first-order chi connectivity index (χ1) is 18.0. The van der Waals surface area contributed by atoms with E-state index in [1.54, 1.807) is 0 Å². The van der Waals surface area contributed by atoms with E-state index in [1.165, 1.54) is 96.3 Å². The van der Waals surface area contributed by atoms with Crippen LogP contribution in [-0.2, 0) is 18.6 Å². The zero-order chi connectivity index (χ0) is 27.4. The van der Waals surface area contributed by atoms with Crippen LogP contribution in [0.1, 0.15) is 136 Å². The van der Waals surface area contributed by atoms with E-state index in [-0.39, 0.29) is 11.7 Å². The third-order valence-corrected chi connectivity index (χ3v) is 7.48. The van der Waals surface area contributed by atoms with Crippen molar-refractivity contribution in [3.8, 4) is 0 Å². The number of ether oxygens (including phenoxy) is 1. The van der Waals surface area contributed by atoms with Crippen molar-refractivity contribution in [2.45, 2.75) is 136 Å². The predicted molar refractivity (Wildman–Crippen MR) is 158 cm³/mol. The van der Waals surface area contributed by atoms with Crippen LogP contribution in [0.25, 0.3) is 0 Å². The average molecular weight is 548 g/mol. The maximum atomic E-state index is 12.1. The molecule has 0 spiro atoms. The normalized spacial score (nSPS) is 13.4. The molecule has 0 aromatic rings. The number of hydrogen-bond acceptors (Lipinski definition) is 6. The lowest BCUT2D eigenvalue weighted by atomic mass is 10.0.